The maximum Gasteiger partial charge on any atom is 0.410 e. The maximum absolute atomic E-state index is 12.0. The molecule has 1 fully saturated rings. The van der Waals surface area contributed by atoms with Gasteiger partial charge in [0, 0.05) is 19.6 Å². The summed E-state index contributed by atoms with van der Waals surface area (Å²) < 4.78 is 5.37. The van der Waals surface area contributed by atoms with Gasteiger partial charge in [-0.3, -0.25) is 0 Å². The molecule has 0 saturated carbocycles. The molecule has 0 radical (unpaired) electrons. The number of likely N-dealkylation sites (N-methyl/N-ethyl adjacent to an activating group) is 1. The summed E-state index contributed by atoms with van der Waals surface area (Å²) >= 11 is 0. The molecule has 1 N–H and O–H groups in total. The lowest BCUT2D eigenvalue weighted by molar-refractivity contribution is -0.0467. The van der Waals surface area contributed by atoms with Gasteiger partial charge in [0.15, 0.2) is 0 Å². The molecule has 1 rings (SSSR count). The van der Waals surface area contributed by atoms with Crippen molar-refractivity contribution < 1.29 is 14.6 Å². The van der Waals surface area contributed by atoms with Gasteiger partial charge in [0.05, 0.1) is 5.60 Å². The molecule has 0 unspecified atom stereocenters. The predicted octanol–water partition coefficient (Wildman–Crippen LogP) is 2.48. The Morgan fingerprint density at radius 2 is 1.90 bits per heavy atom. The first-order valence-electron chi connectivity index (χ1n) is 8.04. The SMILES string of the molecule is CCCCN(C)CC1(O)CCN(C(=O)OC(C)(C)C)CC1. The molecular weight excluding hydrogens is 268 g/mol. The Labute approximate surface area is 129 Å². The third-order valence-electron chi connectivity index (χ3n) is 3.80. The van der Waals surface area contributed by atoms with Crippen LogP contribution in [0.1, 0.15) is 53.4 Å². The first kappa shape index (κ1) is 18.2. The van der Waals surface area contributed by atoms with Crippen molar-refractivity contribution in [2.45, 2.75) is 64.6 Å². The molecule has 0 atom stereocenters. The van der Waals surface area contributed by atoms with Crippen molar-refractivity contribution in [1.29, 1.82) is 0 Å². The van der Waals surface area contributed by atoms with Crippen molar-refractivity contribution in [2.24, 2.45) is 0 Å². The standard InChI is InChI=1S/C16H32N2O3/c1-6-7-10-17(5)13-16(20)8-11-18(12-9-16)14(19)21-15(2,3)4/h20H,6-13H2,1-5H3. The second kappa shape index (κ2) is 7.45. The van der Waals surface area contributed by atoms with E-state index in [1.165, 1.54) is 0 Å². The van der Waals surface area contributed by atoms with Gasteiger partial charge in [-0.05, 0) is 53.6 Å². The van der Waals surface area contributed by atoms with Crippen molar-refractivity contribution in [3.05, 3.63) is 0 Å². The van der Waals surface area contributed by atoms with Crippen LogP contribution in [-0.2, 0) is 4.74 Å². The van der Waals surface area contributed by atoms with Crippen LogP contribution in [0, 0.1) is 0 Å². The lowest BCUT2D eigenvalue weighted by Gasteiger charge is -2.40. The first-order valence-corrected chi connectivity index (χ1v) is 8.04. The quantitative estimate of drug-likeness (QED) is 0.847. The summed E-state index contributed by atoms with van der Waals surface area (Å²) in [5.41, 5.74) is -1.15. The molecule has 0 aromatic carbocycles. The molecule has 124 valence electrons. The van der Waals surface area contributed by atoms with Crippen LogP contribution < -0.4 is 0 Å². The van der Waals surface area contributed by atoms with E-state index in [9.17, 15) is 9.90 Å². The number of carbonyl (C=O) groups excluding carboxylic acids is 1. The molecule has 5 heteroatoms. The zero-order chi connectivity index (χ0) is 16.1. The number of nitrogens with zero attached hydrogens (tertiary/aromatic N) is 2. The zero-order valence-corrected chi connectivity index (χ0v) is 14.3. The molecule has 0 bridgehead atoms. The van der Waals surface area contributed by atoms with E-state index in [0.29, 0.717) is 32.5 Å². The summed E-state index contributed by atoms with van der Waals surface area (Å²) in [4.78, 5) is 15.9. The van der Waals surface area contributed by atoms with Crippen LogP contribution in [0.3, 0.4) is 0 Å². The van der Waals surface area contributed by atoms with Crippen molar-refractivity contribution in [1.82, 2.24) is 9.80 Å². The number of hydrogen-bond donors (Lipinski definition) is 1. The Hall–Kier alpha value is -0.810. The minimum atomic E-state index is -0.680. The van der Waals surface area contributed by atoms with Crippen molar-refractivity contribution in [3.63, 3.8) is 0 Å². The van der Waals surface area contributed by atoms with Crippen LogP contribution >= 0.6 is 0 Å². The van der Waals surface area contributed by atoms with Gasteiger partial charge >= 0.3 is 6.09 Å². The van der Waals surface area contributed by atoms with Gasteiger partial charge in [-0.2, -0.15) is 0 Å². The van der Waals surface area contributed by atoms with E-state index in [1.807, 2.05) is 27.8 Å². The number of rotatable bonds is 5. The Balaban J connectivity index is 2.41. The van der Waals surface area contributed by atoms with Gasteiger partial charge in [0.1, 0.15) is 5.60 Å². The number of likely N-dealkylation sites (tertiary alicyclic amines) is 1. The second-order valence-electron chi connectivity index (χ2n) is 7.28. The number of piperidine rings is 1. The summed E-state index contributed by atoms with van der Waals surface area (Å²) in [5, 5.41) is 10.7. The lowest BCUT2D eigenvalue weighted by Crippen LogP contribution is -2.52. The fourth-order valence-electron chi connectivity index (χ4n) is 2.60. The minimum Gasteiger partial charge on any atom is -0.444 e. The fourth-order valence-corrected chi connectivity index (χ4v) is 2.60. The molecule has 1 aliphatic heterocycles. The van der Waals surface area contributed by atoms with Gasteiger partial charge in [0.2, 0.25) is 0 Å². The third-order valence-corrected chi connectivity index (χ3v) is 3.80. The summed E-state index contributed by atoms with van der Waals surface area (Å²) in [6, 6.07) is 0. The van der Waals surface area contributed by atoms with Crippen molar-refractivity contribution in [3.8, 4) is 0 Å². The molecular formula is C16H32N2O3. The molecule has 0 spiro atoms. The number of unbranched alkanes of at least 4 members (excludes halogenated alkanes) is 1. The van der Waals surface area contributed by atoms with E-state index in [0.717, 1.165) is 19.4 Å². The highest BCUT2D eigenvalue weighted by atomic mass is 16.6. The molecule has 5 nitrogen and oxygen atoms in total. The molecule has 1 saturated heterocycles. The minimum absolute atomic E-state index is 0.274. The van der Waals surface area contributed by atoms with E-state index in [1.54, 1.807) is 4.90 Å². The summed E-state index contributed by atoms with van der Waals surface area (Å²) in [5.74, 6) is 0. The Kier molecular flexibility index (Phi) is 6.47. The van der Waals surface area contributed by atoms with E-state index in [-0.39, 0.29) is 6.09 Å². The van der Waals surface area contributed by atoms with Gasteiger partial charge in [-0.15, -0.1) is 0 Å². The van der Waals surface area contributed by atoms with Crippen LogP contribution in [0.25, 0.3) is 0 Å². The van der Waals surface area contributed by atoms with E-state index in [2.05, 4.69) is 11.8 Å². The predicted molar refractivity (Wildman–Crippen MR) is 84.4 cm³/mol. The number of amides is 1. The van der Waals surface area contributed by atoms with Gasteiger partial charge in [-0.25, -0.2) is 4.79 Å². The van der Waals surface area contributed by atoms with Crippen LogP contribution in [-0.4, -0.2) is 65.4 Å². The van der Waals surface area contributed by atoms with Crippen LogP contribution in [0.15, 0.2) is 0 Å². The molecule has 1 heterocycles. The Morgan fingerprint density at radius 1 is 1.33 bits per heavy atom. The smallest absolute Gasteiger partial charge is 0.410 e. The van der Waals surface area contributed by atoms with Crippen LogP contribution in [0.5, 0.6) is 0 Å². The molecule has 0 aromatic heterocycles. The highest BCUT2D eigenvalue weighted by molar-refractivity contribution is 5.68. The van der Waals surface area contributed by atoms with Crippen LogP contribution in [0.2, 0.25) is 0 Å². The topological polar surface area (TPSA) is 53.0 Å². The highest BCUT2D eigenvalue weighted by Gasteiger charge is 2.35. The summed E-state index contributed by atoms with van der Waals surface area (Å²) in [6.07, 6.45) is 3.26. The number of hydrogen-bond acceptors (Lipinski definition) is 4. The van der Waals surface area contributed by atoms with Gasteiger partial charge in [-0.1, -0.05) is 13.3 Å². The first-order chi connectivity index (χ1) is 9.65. The normalized spacial score (nSPS) is 18.9. The molecule has 1 amide bonds. The summed E-state index contributed by atoms with van der Waals surface area (Å²) in [7, 11) is 2.05. The van der Waals surface area contributed by atoms with E-state index >= 15 is 0 Å². The average Bonchev–Trinajstić information content (AvgIpc) is 2.34. The van der Waals surface area contributed by atoms with Crippen LogP contribution in [0.4, 0.5) is 4.79 Å². The monoisotopic (exact) mass is 300 g/mol. The molecule has 0 aromatic rings. The Morgan fingerprint density at radius 3 is 2.38 bits per heavy atom. The van der Waals surface area contributed by atoms with Crippen molar-refractivity contribution >= 4 is 6.09 Å². The zero-order valence-electron chi connectivity index (χ0n) is 14.3. The third kappa shape index (κ3) is 6.66. The fraction of sp³-hybridized carbons (Fsp3) is 0.938. The number of aliphatic hydroxyl groups is 1. The molecule has 1 aliphatic rings. The maximum atomic E-state index is 12.0. The molecule has 21 heavy (non-hydrogen) atoms. The van der Waals surface area contributed by atoms with Gasteiger partial charge in [0.25, 0.3) is 0 Å². The molecule has 0 aliphatic carbocycles. The Bertz CT molecular complexity index is 331. The largest absolute Gasteiger partial charge is 0.444 e. The number of ether oxygens (including phenoxy) is 1. The van der Waals surface area contributed by atoms with E-state index in [4.69, 9.17) is 4.74 Å². The highest BCUT2D eigenvalue weighted by Crippen LogP contribution is 2.24. The number of carbonyl (C=O) groups is 1. The van der Waals surface area contributed by atoms with Crippen molar-refractivity contribution in [2.75, 3.05) is 33.2 Å². The summed E-state index contributed by atoms with van der Waals surface area (Å²) in [6.45, 7) is 10.6. The average molecular weight is 300 g/mol. The van der Waals surface area contributed by atoms with E-state index < -0.39 is 11.2 Å². The van der Waals surface area contributed by atoms with Gasteiger partial charge < -0.3 is 19.6 Å². The lowest BCUT2D eigenvalue weighted by atomic mass is 9.91. The second-order valence-corrected chi connectivity index (χ2v) is 7.28.